The van der Waals surface area contributed by atoms with E-state index in [2.05, 4.69) is 25.6 Å². The standard InChI is InChI=1S/C18H27N7O/c1-12(2)24-18(20)25-17(19)23-9-5-8-21-15-11-14(26-3)10-13-6-4-7-22-16(13)15/h4,6-7,10-12,21H,5,8-9H2,1-3H3,(H5,19,20,23,24,25). The highest BCUT2D eigenvalue weighted by Gasteiger charge is 2.05. The van der Waals surface area contributed by atoms with Crippen LogP contribution >= 0.6 is 0 Å². The molecule has 0 saturated carbocycles. The summed E-state index contributed by atoms with van der Waals surface area (Å²) in [6.45, 7) is 5.16. The van der Waals surface area contributed by atoms with Gasteiger partial charge in [-0.1, -0.05) is 6.07 Å². The second-order valence-electron chi connectivity index (χ2n) is 6.03. The summed E-state index contributed by atoms with van der Waals surface area (Å²) in [5.41, 5.74) is 13.3. The second-order valence-corrected chi connectivity index (χ2v) is 6.03. The van der Waals surface area contributed by atoms with Crippen molar-refractivity contribution in [2.24, 2.45) is 21.5 Å². The molecule has 0 radical (unpaired) electrons. The lowest BCUT2D eigenvalue weighted by molar-refractivity contribution is 0.415. The third-order valence-electron chi connectivity index (χ3n) is 3.50. The Balaban J connectivity index is 1.88. The van der Waals surface area contributed by atoms with E-state index < -0.39 is 0 Å². The molecule has 26 heavy (non-hydrogen) atoms. The van der Waals surface area contributed by atoms with Gasteiger partial charge in [-0.15, -0.1) is 0 Å². The van der Waals surface area contributed by atoms with Crippen LogP contribution in [0.5, 0.6) is 5.75 Å². The van der Waals surface area contributed by atoms with Crippen LogP contribution in [0.4, 0.5) is 5.69 Å². The summed E-state index contributed by atoms with van der Waals surface area (Å²) in [7, 11) is 1.65. The Morgan fingerprint density at radius 3 is 2.81 bits per heavy atom. The molecule has 0 amide bonds. The molecule has 140 valence electrons. The van der Waals surface area contributed by atoms with Gasteiger partial charge < -0.3 is 21.5 Å². The molecule has 0 bridgehead atoms. The molecular formula is C18H27N7O. The number of benzene rings is 1. The molecule has 0 saturated heterocycles. The van der Waals surface area contributed by atoms with E-state index in [1.807, 2.05) is 38.1 Å². The van der Waals surface area contributed by atoms with E-state index in [4.69, 9.17) is 16.2 Å². The highest BCUT2D eigenvalue weighted by atomic mass is 16.5. The van der Waals surface area contributed by atoms with Gasteiger partial charge in [-0.3, -0.25) is 20.3 Å². The van der Waals surface area contributed by atoms with Gasteiger partial charge in [-0.05, 0) is 32.4 Å². The Kier molecular flexibility index (Phi) is 7.02. The Morgan fingerprint density at radius 2 is 2.08 bits per heavy atom. The fourth-order valence-corrected chi connectivity index (χ4v) is 2.40. The van der Waals surface area contributed by atoms with E-state index in [1.165, 1.54) is 0 Å². The smallest absolute Gasteiger partial charge is 0.195 e. The van der Waals surface area contributed by atoms with Gasteiger partial charge in [0.1, 0.15) is 5.75 Å². The Labute approximate surface area is 153 Å². The molecule has 0 spiro atoms. The minimum absolute atomic E-state index is 0.103. The topological polar surface area (TPSA) is 123 Å². The molecule has 6 N–H and O–H groups in total. The molecule has 0 aliphatic rings. The van der Waals surface area contributed by atoms with Crippen LogP contribution in [0.25, 0.3) is 10.9 Å². The zero-order valence-electron chi connectivity index (χ0n) is 15.5. The largest absolute Gasteiger partial charge is 0.497 e. The summed E-state index contributed by atoms with van der Waals surface area (Å²) in [6.07, 6.45) is 2.58. The number of aliphatic imine (C=N–C) groups is 2. The molecule has 1 aromatic heterocycles. The van der Waals surface area contributed by atoms with E-state index in [1.54, 1.807) is 13.3 Å². The summed E-state index contributed by atoms with van der Waals surface area (Å²) >= 11 is 0. The van der Waals surface area contributed by atoms with Crippen molar-refractivity contribution < 1.29 is 4.74 Å². The lowest BCUT2D eigenvalue weighted by Crippen LogP contribution is -2.42. The molecule has 0 aliphatic carbocycles. The minimum atomic E-state index is 0.103. The maximum absolute atomic E-state index is 5.79. The quantitative estimate of drug-likeness (QED) is 0.340. The first-order valence-corrected chi connectivity index (χ1v) is 8.56. The number of nitrogens with two attached hydrogens (primary N) is 2. The van der Waals surface area contributed by atoms with Gasteiger partial charge in [0, 0.05) is 36.8 Å². The predicted molar refractivity (Wildman–Crippen MR) is 108 cm³/mol. The number of ether oxygens (including phenoxy) is 1. The summed E-state index contributed by atoms with van der Waals surface area (Å²) in [5, 5.41) is 7.18. The first kappa shape index (κ1) is 19.3. The molecule has 2 aromatic rings. The number of pyridine rings is 1. The van der Waals surface area contributed by atoms with Crippen LogP contribution < -0.4 is 26.8 Å². The lowest BCUT2D eigenvalue weighted by atomic mass is 10.1. The Morgan fingerprint density at radius 1 is 1.27 bits per heavy atom. The van der Waals surface area contributed by atoms with Crippen molar-refractivity contribution in [1.82, 2.24) is 10.3 Å². The molecule has 0 atom stereocenters. The van der Waals surface area contributed by atoms with E-state index in [-0.39, 0.29) is 18.0 Å². The summed E-state index contributed by atoms with van der Waals surface area (Å²) in [6, 6.07) is 7.93. The van der Waals surface area contributed by atoms with Crippen molar-refractivity contribution in [3.63, 3.8) is 0 Å². The zero-order valence-corrected chi connectivity index (χ0v) is 15.5. The minimum Gasteiger partial charge on any atom is -0.497 e. The van der Waals surface area contributed by atoms with Crippen molar-refractivity contribution in [3.8, 4) is 5.75 Å². The average Bonchev–Trinajstić information content (AvgIpc) is 2.60. The van der Waals surface area contributed by atoms with Crippen molar-refractivity contribution in [2.45, 2.75) is 26.3 Å². The molecule has 1 heterocycles. The molecule has 8 heteroatoms. The normalized spacial score (nSPS) is 12.5. The fourth-order valence-electron chi connectivity index (χ4n) is 2.40. The number of nitrogens with one attached hydrogen (secondary N) is 2. The van der Waals surface area contributed by atoms with Gasteiger partial charge in [-0.25, -0.2) is 0 Å². The molecule has 8 nitrogen and oxygen atoms in total. The Bertz CT molecular complexity index is 786. The van der Waals surface area contributed by atoms with Gasteiger partial charge in [-0.2, -0.15) is 0 Å². The second kappa shape index (κ2) is 9.45. The van der Waals surface area contributed by atoms with E-state index in [0.717, 1.165) is 35.3 Å². The fraction of sp³-hybridized carbons (Fsp3) is 0.389. The van der Waals surface area contributed by atoms with Crippen molar-refractivity contribution >= 4 is 28.5 Å². The maximum Gasteiger partial charge on any atom is 0.195 e. The number of rotatable bonds is 7. The first-order chi connectivity index (χ1) is 12.5. The number of hydrogen-bond acceptors (Lipinski definition) is 5. The van der Waals surface area contributed by atoms with Crippen molar-refractivity contribution in [1.29, 1.82) is 0 Å². The van der Waals surface area contributed by atoms with Crippen LogP contribution in [-0.4, -0.2) is 43.1 Å². The predicted octanol–water partition coefficient (Wildman–Crippen LogP) is 1.67. The summed E-state index contributed by atoms with van der Waals surface area (Å²) in [4.78, 5) is 12.8. The molecule has 2 rings (SSSR count). The number of aromatic nitrogens is 1. The van der Waals surface area contributed by atoms with Gasteiger partial charge in [0.15, 0.2) is 11.9 Å². The number of guanidine groups is 2. The number of methoxy groups -OCH3 is 1. The molecule has 1 aromatic carbocycles. The van der Waals surface area contributed by atoms with Crippen LogP contribution in [0.1, 0.15) is 20.3 Å². The van der Waals surface area contributed by atoms with Crippen molar-refractivity contribution in [3.05, 3.63) is 30.5 Å². The van der Waals surface area contributed by atoms with Crippen molar-refractivity contribution in [2.75, 3.05) is 25.5 Å². The highest BCUT2D eigenvalue weighted by molar-refractivity contribution is 5.97. The molecule has 0 fully saturated rings. The monoisotopic (exact) mass is 357 g/mol. The zero-order chi connectivity index (χ0) is 18.9. The van der Waals surface area contributed by atoms with Crippen LogP contribution in [0.2, 0.25) is 0 Å². The number of nitrogens with zero attached hydrogens (tertiary/aromatic N) is 3. The molecule has 0 aliphatic heterocycles. The summed E-state index contributed by atoms with van der Waals surface area (Å²) in [5.74, 6) is 1.33. The van der Waals surface area contributed by atoms with Crippen LogP contribution in [0, 0.1) is 0 Å². The molecule has 0 unspecified atom stereocenters. The van der Waals surface area contributed by atoms with Gasteiger partial charge in [0.2, 0.25) is 0 Å². The number of anilines is 1. The van der Waals surface area contributed by atoms with Gasteiger partial charge in [0.05, 0.1) is 18.3 Å². The van der Waals surface area contributed by atoms with Crippen LogP contribution in [0.3, 0.4) is 0 Å². The maximum atomic E-state index is 5.79. The highest BCUT2D eigenvalue weighted by Crippen LogP contribution is 2.27. The third kappa shape index (κ3) is 5.80. The number of fused-ring (bicyclic) bond motifs is 1. The molecular weight excluding hydrogens is 330 g/mol. The summed E-state index contributed by atoms with van der Waals surface area (Å²) < 4.78 is 5.35. The first-order valence-electron chi connectivity index (χ1n) is 8.56. The van der Waals surface area contributed by atoms with E-state index >= 15 is 0 Å². The SMILES string of the molecule is COc1cc(NCCCN=C(N)NC(N)=NC(C)C)c2ncccc2c1. The lowest BCUT2D eigenvalue weighted by Gasteiger charge is -2.11. The third-order valence-corrected chi connectivity index (χ3v) is 3.50. The van der Waals surface area contributed by atoms with Gasteiger partial charge in [0.25, 0.3) is 0 Å². The van der Waals surface area contributed by atoms with Gasteiger partial charge >= 0.3 is 0 Å². The van der Waals surface area contributed by atoms with Crippen LogP contribution in [0.15, 0.2) is 40.4 Å². The van der Waals surface area contributed by atoms with E-state index in [9.17, 15) is 0 Å². The number of hydrogen-bond donors (Lipinski definition) is 4. The van der Waals surface area contributed by atoms with Crippen LogP contribution in [-0.2, 0) is 0 Å². The van der Waals surface area contributed by atoms with E-state index in [0.29, 0.717) is 6.54 Å². The Hall–Kier alpha value is -3.03. The average molecular weight is 357 g/mol.